The number of carbonyl (C=O) groups excluding carboxylic acids is 1. The van der Waals surface area contributed by atoms with Gasteiger partial charge in [-0.2, -0.15) is 0 Å². The second kappa shape index (κ2) is 4.72. The number of amides is 1. The van der Waals surface area contributed by atoms with Gasteiger partial charge in [0.05, 0.1) is 12.1 Å². The van der Waals surface area contributed by atoms with E-state index in [4.69, 9.17) is 9.47 Å². The van der Waals surface area contributed by atoms with E-state index in [0.717, 1.165) is 0 Å². The Balaban J connectivity index is 1.74. The molecule has 0 spiro atoms. The zero-order valence-electron chi connectivity index (χ0n) is 11.0. The first-order chi connectivity index (χ1) is 9.07. The molecule has 1 aromatic carbocycles. The van der Waals surface area contributed by atoms with Crippen LogP contribution in [0, 0.1) is 0 Å². The topological polar surface area (TPSA) is 47.6 Å². The minimum atomic E-state index is -0.471. The minimum Gasteiger partial charge on any atom is -0.441 e. The van der Waals surface area contributed by atoms with Gasteiger partial charge in [-0.3, -0.25) is 0 Å². The SMILES string of the molecule is C[C@@H]1O[C@@H](Sc2ccccc2)C[C@]2(C)OC(=O)N[C@H]12. The summed E-state index contributed by atoms with van der Waals surface area (Å²) in [5.74, 6) is 0. The number of nitrogens with one attached hydrogen (secondary N) is 1. The number of hydrogen-bond acceptors (Lipinski definition) is 4. The third kappa shape index (κ3) is 2.44. The van der Waals surface area contributed by atoms with Gasteiger partial charge < -0.3 is 14.8 Å². The first-order valence-corrected chi connectivity index (χ1v) is 7.31. The van der Waals surface area contributed by atoms with Gasteiger partial charge in [0, 0.05) is 11.3 Å². The highest BCUT2D eigenvalue weighted by Gasteiger charge is 2.53. The van der Waals surface area contributed by atoms with Crippen LogP contribution in [0.4, 0.5) is 4.79 Å². The van der Waals surface area contributed by atoms with E-state index in [1.54, 1.807) is 11.8 Å². The average molecular weight is 279 g/mol. The fraction of sp³-hybridized carbons (Fsp3) is 0.500. The lowest BCUT2D eigenvalue weighted by molar-refractivity contribution is -0.0949. The molecule has 1 N–H and O–H groups in total. The number of ether oxygens (including phenoxy) is 2. The first kappa shape index (κ1) is 12.8. The number of thioether (sulfide) groups is 1. The molecule has 0 aliphatic carbocycles. The van der Waals surface area contributed by atoms with Crippen molar-refractivity contribution < 1.29 is 14.3 Å². The van der Waals surface area contributed by atoms with Gasteiger partial charge >= 0.3 is 6.09 Å². The Morgan fingerprint density at radius 2 is 2.11 bits per heavy atom. The Morgan fingerprint density at radius 1 is 1.37 bits per heavy atom. The summed E-state index contributed by atoms with van der Waals surface area (Å²) in [5, 5.41) is 2.84. The van der Waals surface area contributed by atoms with Crippen LogP contribution in [-0.4, -0.2) is 29.3 Å². The molecular formula is C14H17NO3S. The van der Waals surface area contributed by atoms with Crippen molar-refractivity contribution >= 4 is 17.9 Å². The van der Waals surface area contributed by atoms with E-state index in [-0.39, 0.29) is 23.7 Å². The molecule has 2 fully saturated rings. The Bertz CT molecular complexity index is 481. The van der Waals surface area contributed by atoms with E-state index < -0.39 is 5.60 Å². The van der Waals surface area contributed by atoms with E-state index in [1.165, 1.54) is 4.90 Å². The molecule has 0 unspecified atom stereocenters. The van der Waals surface area contributed by atoms with Crippen LogP contribution in [0.5, 0.6) is 0 Å². The van der Waals surface area contributed by atoms with Gasteiger partial charge in [-0.1, -0.05) is 30.0 Å². The summed E-state index contributed by atoms with van der Waals surface area (Å²) in [5.41, 5.74) is -0.465. The second-order valence-corrected chi connectivity index (χ2v) is 6.46. The van der Waals surface area contributed by atoms with Crippen LogP contribution in [0.25, 0.3) is 0 Å². The number of carbonyl (C=O) groups is 1. The van der Waals surface area contributed by atoms with Crippen LogP contribution in [-0.2, 0) is 9.47 Å². The molecular weight excluding hydrogens is 262 g/mol. The Hall–Kier alpha value is -1.20. The third-order valence-electron chi connectivity index (χ3n) is 3.68. The second-order valence-electron chi connectivity index (χ2n) is 5.23. The number of alkyl carbamates (subject to hydrolysis) is 1. The van der Waals surface area contributed by atoms with E-state index in [9.17, 15) is 4.79 Å². The largest absolute Gasteiger partial charge is 0.441 e. The molecule has 102 valence electrons. The standard InChI is InChI=1S/C14H17NO3S/c1-9-12-14(2,18-13(16)15-12)8-11(17-9)19-10-6-4-3-5-7-10/h3-7,9,11-12H,8H2,1-2H3,(H,15,16)/t9-,11-,12+,14-/m0/s1. The molecule has 4 nitrogen and oxygen atoms in total. The Morgan fingerprint density at radius 3 is 2.84 bits per heavy atom. The maximum atomic E-state index is 11.4. The van der Waals surface area contributed by atoms with Crippen molar-refractivity contribution in [1.82, 2.24) is 5.32 Å². The quantitative estimate of drug-likeness (QED) is 0.904. The molecule has 5 heteroatoms. The van der Waals surface area contributed by atoms with Gasteiger partial charge in [0.2, 0.25) is 0 Å². The summed E-state index contributed by atoms with van der Waals surface area (Å²) < 4.78 is 11.4. The summed E-state index contributed by atoms with van der Waals surface area (Å²) in [6.07, 6.45) is 0.306. The summed E-state index contributed by atoms with van der Waals surface area (Å²) in [7, 11) is 0. The highest BCUT2D eigenvalue weighted by Crippen LogP contribution is 2.41. The molecule has 0 saturated carbocycles. The van der Waals surface area contributed by atoms with Crippen molar-refractivity contribution in [2.75, 3.05) is 0 Å². The molecule has 2 heterocycles. The molecule has 0 radical (unpaired) electrons. The van der Waals surface area contributed by atoms with Gasteiger partial charge in [0.15, 0.2) is 0 Å². The van der Waals surface area contributed by atoms with Crippen molar-refractivity contribution in [3.63, 3.8) is 0 Å². The van der Waals surface area contributed by atoms with E-state index in [1.807, 2.05) is 32.0 Å². The Labute approximate surface area is 116 Å². The number of hydrogen-bond donors (Lipinski definition) is 1. The number of fused-ring (bicyclic) bond motifs is 1. The zero-order chi connectivity index (χ0) is 13.5. The summed E-state index contributed by atoms with van der Waals surface area (Å²) >= 11 is 1.68. The maximum Gasteiger partial charge on any atom is 0.408 e. The molecule has 4 atom stereocenters. The summed E-state index contributed by atoms with van der Waals surface area (Å²) in [4.78, 5) is 12.6. The monoisotopic (exact) mass is 279 g/mol. The van der Waals surface area contributed by atoms with Crippen LogP contribution in [0.15, 0.2) is 35.2 Å². The summed E-state index contributed by atoms with van der Waals surface area (Å²) in [6, 6.07) is 10.1. The van der Waals surface area contributed by atoms with Crippen molar-refractivity contribution in [1.29, 1.82) is 0 Å². The number of rotatable bonds is 2. The van der Waals surface area contributed by atoms with Gasteiger partial charge in [-0.05, 0) is 26.0 Å². The molecule has 2 aliphatic rings. The molecule has 3 rings (SSSR count). The molecule has 1 aromatic rings. The van der Waals surface area contributed by atoms with Crippen molar-refractivity contribution in [2.45, 2.75) is 48.3 Å². The molecule has 0 aromatic heterocycles. The molecule has 1 amide bonds. The summed E-state index contributed by atoms with van der Waals surface area (Å²) in [6.45, 7) is 3.96. The van der Waals surface area contributed by atoms with Crippen molar-refractivity contribution in [3.8, 4) is 0 Å². The predicted octanol–water partition coefficient (Wildman–Crippen LogP) is 2.78. The maximum absolute atomic E-state index is 11.4. The van der Waals surface area contributed by atoms with Crippen molar-refractivity contribution in [3.05, 3.63) is 30.3 Å². The van der Waals surface area contributed by atoms with E-state index in [0.29, 0.717) is 6.42 Å². The fourth-order valence-electron chi connectivity index (χ4n) is 2.78. The third-order valence-corrected chi connectivity index (χ3v) is 4.76. The highest BCUT2D eigenvalue weighted by atomic mass is 32.2. The van der Waals surface area contributed by atoms with Gasteiger partial charge in [0.1, 0.15) is 11.0 Å². The highest BCUT2D eigenvalue weighted by molar-refractivity contribution is 7.99. The molecule has 19 heavy (non-hydrogen) atoms. The van der Waals surface area contributed by atoms with E-state index in [2.05, 4.69) is 17.4 Å². The van der Waals surface area contributed by atoms with Crippen LogP contribution >= 0.6 is 11.8 Å². The number of benzene rings is 1. The fourth-order valence-corrected chi connectivity index (χ4v) is 4.05. The Kier molecular flexibility index (Phi) is 3.19. The molecule has 0 bridgehead atoms. The minimum absolute atomic E-state index is 0.00588. The lowest BCUT2D eigenvalue weighted by Gasteiger charge is -2.41. The van der Waals surface area contributed by atoms with E-state index >= 15 is 0 Å². The van der Waals surface area contributed by atoms with Crippen LogP contribution < -0.4 is 5.32 Å². The zero-order valence-corrected chi connectivity index (χ0v) is 11.8. The van der Waals surface area contributed by atoms with Gasteiger partial charge in [-0.15, -0.1) is 0 Å². The molecule has 2 aliphatic heterocycles. The lowest BCUT2D eigenvalue weighted by Crippen LogP contribution is -2.55. The first-order valence-electron chi connectivity index (χ1n) is 6.43. The van der Waals surface area contributed by atoms with Gasteiger partial charge in [-0.25, -0.2) is 4.79 Å². The molecule has 2 saturated heterocycles. The average Bonchev–Trinajstić information content (AvgIpc) is 2.65. The van der Waals surface area contributed by atoms with Crippen LogP contribution in [0.1, 0.15) is 20.3 Å². The van der Waals surface area contributed by atoms with Crippen molar-refractivity contribution in [2.24, 2.45) is 0 Å². The van der Waals surface area contributed by atoms with Crippen LogP contribution in [0.3, 0.4) is 0 Å². The van der Waals surface area contributed by atoms with Gasteiger partial charge in [0.25, 0.3) is 0 Å². The predicted molar refractivity (Wildman–Crippen MR) is 73.1 cm³/mol. The lowest BCUT2D eigenvalue weighted by atomic mass is 9.88. The smallest absolute Gasteiger partial charge is 0.408 e. The normalized spacial score (nSPS) is 37.4. The van der Waals surface area contributed by atoms with Crippen LogP contribution in [0.2, 0.25) is 0 Å².